The first kappa shape index (κ1) is 11.5. The highest BCUT2D eigenvalue weighted by Gasteiger charge is 1.98. The van der Waals surface area contributed by atoms with Crippen molar-refractivity contribution >= 4 is 5.69 Å². The first-order valence-corrected chi connectivity index (χ1v) is 6.17. The topological polar surface area (TPSA) is 58.5 Å². The first-order valence-electron chi connectivity index (χ1n) is 6.17. The summed E-state index contributed by atoms with van der Waals surface area (Å²) >= 11 is 0. The molecule has 0 saturated carbocycles. The van der Waals surface area contributed by atoms with E-state index in [1.165, 1.54) is 5.56 Å². The fourth-order valence-electron chi connectivity index (χ4n) is 1.95. The normalized spacial score (nSPS) is 10.5. The molecular weight excluding hydrogens is 238 g/mol. The molecule has 19 heavy (non-hydrogen) atoms. The van der Waals surface area contributed by atoms with Gasteiger partial charge in [0.05, 0.1) is 12.9 Å². The Morgan fingerprint density at radius 2 is 2.26 bits per heavy atom. The van der Waals surface area contributed by atoms with E-state index in [4.69, 9.17) is 0 Å². The van der Waals surface area contributed by atoms with Gasteiger partial charge < -0.3 is 14.9 Å². The summed E-state index contributed by atoms with van der Waals surface area (Å²) < 4.78 is 2.05. The molecule has 2 N–H and O–H groups in total. The second-order valence-electron chi connectivity index (χ2n) is 4.32. The van der Waals surface area contributed by atoms with E-state index < -0.39 is 0 Å². The molecule has 5 heteroatoms. The standard InChI is InChI=1S/C14H15N5/c1-2-12(10-19-7-6-15-11-19)8-13(3-1)18-9-14-16-4-5-17-14/h1-8,11,18H,9-10H2,(H,16,17). The maximum atomic E-state index is 4.18. The second-order valence-corrected chi connectivity index (χ2v) is 4.32. The number of anilines is 1. The molecular formula is C14H15N5. The molecule has 2 heterocycles. The predicted octanol–water partition coefficient (Wildman–Crippen LogP) is 2.27. The molecule has 0 saturated heterocycles. The average molecular weight is 253 g/mol. The molecule has 2 aromatic heterocycles. The van der Waals surface area contributed by atoms with Crippen LogP contribution in [0.3, 0.4) is 0 Å². The third-order valence-electron chi connectivity index (χ3n) is 2.87. The van der Waals surface area contributed by atoms with Gasteiger partial charge >= 0.3 is 0 Å². The highest BCUT2D eigenvalue weighted by Crippen LogP contribution is 2.12. The zero-order valence-corrected chi connectivity index (χ0v) is 10.5. The van der Waals surface area contributed by atoms with Gasteiger partial charge in [-0.3, -0.25) is 0 Å². The van der Waals surface area contributed by atoms with Crippen molar-refractivity contribution in [3.63, 3.8) is 0 Å². The molecule has 96 valence electrons. The van der Waals surface area contributed by atoms with Gasteiger partial charge in [0, 0.05) is 37.0 Å². The van der Waals surface area contributed by atoms with Crippen molar-refractivity contribution in [2.75, 3.05) is 5.32 Å². The van der Waals surface area contributed by atoms with Crippen LogP contribution in [0.15, 0.2) is 55.4 Å². The van der Waals surface area contributed by atoms with Crippen LogP contribution in [0, 0.1) is 0 Å². The Kier molecular flexibility index (Phi) is 3.27. The van der Waals surface area contributed by atoms with Crippen molar-refractivity contribution in [3.8, 4) is 0 Å². The van der Waals surface area contributed by atoms with Crippen LogP contribution in [0.5, 0.6) is 0 Å². The summed E-state index contributed by atoms with van der Waals surface area (Å²) in [5.41, 5.74) is 2.33. The van der Waals surface area contributed by atoms with Gasteiger partial charge in [-0.15, -0.1) is 0 Å². The van der Waals surface area contributed by atoms with E-state index in [0.29, 0.717) is 6.54 Å². The zero-order valence-electron chi connectivity index (χ0n) is 10.5. The Labute approximate surface area is 111 Å². The van der Waals surface area contributed by atoms with Crippen LogP contribution in [0.25, 0.3) is 0 Å². The van der Waals surface area contributed by atoms with E-state index in [1.54, 1.807) is 12.4 Å². The minimum Gasteiger partial charge on any atom is -0.378 e. The Bertz CT molecular complexity index is 613. The lowest BCUT2D eigenvalue weighted by atomic mass is 10.2. The lowest BCUT2D eigenvalue weighted by Crippen LogP contribution is -2.02. The number of H-pyrrole nitrogens is 1. The van der Waals surface area contributed by atoms with Crippen LogP contribution in [-0.4, -0.2) is 19.5 Å². The Hall–Kier alpha value is -2.56. The van der Waals surface area contributed by atoms with E-state index >= 15 is 0 Å². The molecule has 0 amide bonds. The maximum absolute atomic E-state index is 4.18. The van der Waals surface area contributed by atoms with Crippen molar-refractivity contribution in [1.29, 1.82) is 0 Å². The number of hydrogen-bond donors (Lipinski definition) is 2. The van der Waals surface area contributed by atoms with Gasteiger partial charge in [-0.2, -0.15) is 0 Å². The number of nitrogens with one attached hydrogen (secondary N) is 2. The molecule has 0 bridgehead atoms. The van der Waals surface area contributed by atoms with Crippen LogP contribution >= 0.6 is 0 Å². The summed E-state index contributed by atoms with van der Waals surface area (Å²) in [5, 5.41) is 3.35. The lowest BCUT2D eigenvalue weighted by molar-refractivity contribution is 0.797. The lowest BCUT2D eigenvalue weighted by Gasteiger charge is -2.07. The van der Waals surface area contributed by atoms with Gasteiger partial charge in [0.25, 0.3) is 0 Å². The summed E-state index contributed by atoms with van der Waals surface area (Å²) in [4.78, 5) is 11.3. The van der Waals surface area contributed by atoms with Gasteiger partial charge in [-0.05, 0) is 17.7 Å². The quantitative estimate of drug-likeness (QED) is 0.733. The van der Waals surface area contributed by atoms with E-state index in [1.807, 2.05) is 23.3 Å². The summed E-state index contributed by atoms with van der Waals surface area (Å²) in [7, 11) is 0. The van der Waals surface area contributed by atoms with Crippen molar-refractivity contribution in [2.45, 2.75) is 13.1 Å². The molecule has 5 nitrogen and oxygen atoms in total. The molecule has 0 radical (unpaired) electrons. The Morgan fingerprint density at radius 3 is 3.05 bits per heavy atom. The Morgan fingerprint density at radius 1 is 1.26 bits per heavy atom. The smallest absolute Gasteiger partial charge is 0.125 e. The third-order valence-corrected chi connectivity index (χ3v) is 2.87. The summed E-state index contributed by atoms with van der Waals surface area (Å²) in [5.74, 6) is 0.931. The van der Waals surface area contributed by atoms with Crippen molar-refractivity contribution in [1.82, 2.24) is 19.5 Å². The monoisotopic (exact) mass is 253 g/mol. The van der Waals surface area contributed by atoms with Crippen LogP contribution in [0.2, 0.25) is 0 Å². The summed E-state index contributed by atoms with van der Waals surface area (Å²) in [6, 6.07) is 8.36. The summed E-state index contributed by atoms with van der Waals surface area (Å²) in [6.07, 6.45) is 9.16. The number of benzene rings is 1. The minimum absolute atomic E-state index is 0.696. The number of hydrogen-bond acceptors (Lipinski definition) is 3. The van der Waals surface area contributed by atoms with Crippen molar-refractivity contribution < 1.29 is 0 Å². The molecule has 0 aliphatic heterocycles. The molecule has 3 rings (SSSR count). The number of rotatable bonds is 5. The maximum Gasteiger partial charge on any atom is 0.125 e. The predicted molar refractivity (Wildman–Crippen MR) is 73.7 cm³/mol. The average Bonchev–Trinajstić information content (AvgIpc) is 3.10. The van der Waals surface area contributed by atoms with Crippen LogP contribution in [-0.2, 0) is 13.1 Å². The van der Waals surface area contributed by atoms with E-state index in [0.717, 1.165) is 18.1 Å². The van der Waals surface area contributed by atoms with E-state index in [-0.39, 0.29) is 0 Å². The van der Waals surface area contributed by atoms with Gasteiger partial charge in [0.15, 0.2) is 0 Å². The Balaban J connectivity index is 1.66. The molecule has 0 atom stereocenters. The van der Waals surface area contributed by atoms with Gasteiger partial charge in [0.1, 0.15) is 5.82 Å². The fraction of sp³-hybridized carbons (Fsp3) is 0.143. The van der Waals surface area contributed by atoms with E-state index in [2.05, 4.69) is 44.5 Å². The van der Waals surface area contributed by atoms with Gasteiger partial charge in [-0.1, -0.05) is 12.1 Å². The molecule has 0 aliphatic rings. The molecule has 0 spiro atoms. The molecule has 3 aromatic rings. The van der Waals surface area contributed by atoms with Gasteiger partial charge in [-0.25, -0.2) is 9.97 Å². The fourth-order valence-corrected chi connectivity index (χ4v) is 1.95. The van der Waals surface area contributed by atoms with Crippen molar-refractivity contribution in [3.05, 3.63) is 66.8 Å². The third kappa shape index (κ3) is 3.01. The van der Waals surface area contributed by atoms with Crippen LogP contribution in [0.1, 0.15) is 11.4 Å². The SMILES string of the molecule is c1cc(Cn2ccnc2)cc(NCc2ncc[nH]2)c1. The molecule has 1 aromatic carbocycles. The van der Waals surface area contributed by atoms with Gasteiger partial charge in [0.2, 0.25) is 0 Å². The largest absolute Gasteiger partial charge is 0.378 e. The molecule has 0 fully saturated rings. The number of aromatic amines is 1. The number of imidazole rings is 2. The number of aromatic nitrogens is 4. The van der Waals surface area contributed by atoms with Crippen LogP contribution < -0.4 is 5.32 Å². The second kappa shape index (κ2) is 5.39. The highest BCUT2D eigenvalue weighted by atomic mass is 15.0. The van der Waals surface area contributed by atoms with Crippen LogP contribution in [0.4, 0.5) is 5.69 Å². The highest BCUT2D eigenvalue weighted by molar-refractivity contribution is 5.45. The molecule has 0 aliphatic carbocycles. The van der Waals surface area contributed by atoms with E-state index in [9.17, 15) is 0 Å². The summed E-state index contributed by atoms with van der Waals surface area (Å²) in [6.45, 7) is 1.53. The minimum atomic E-state index is 0.696. The van der Waals surface area contributed by atoms with Crippen molar-refractivity contribution in [2.24, 2.45) is 0 Å². The first-order chi connectivity index (χ1) is 9.40. The zero-order chi connectivity index (χ0) is 12.9. The number of nitrogens with zero attached hydrogens (tertiary/aromatic N) is 3. The molecule has 0 unspecified atom stereocenters.